The molecule has 0 aliphatic carbocycles. The maximum atomic E-state index is 13.6. The van der Waals surface area contributed by atoms with E-state index in [1.807, 2.05) is 76.2 Å². The van der Waals surface area contributed by atoms with Crippen molar-refractivity contribution >= 4 is 27.5 Å². The quantitative estimate of drug-likeness (QED) is 0.526. The number of benzene rings is 2. The fraction of sp³-hybridized carbons (Fsp3) is 0.462. The number of carbonyl (C=O) groups excluding carboxylic acids is 2. The summed E-state index contributed by atoms with van der Waals surface area (Å²) in [6, 6.07) is 14.4. The molecule has 0 aliphatic rings. The predicted molar refractivity (Wildman–Crippen MR) is 137 cm³/mol. The Balaban J connectivity index is 2.36. The lowest BCUT2D eigenvalue weighted by Crippen LogP contribution is -2.53. The number of para-hydroxylation sites is 1. The van der Waals surface area contributed by atoms with Crippen LogP contribution in [0.2, 0.25) is 0 Å². The molecule has 186 valence electrons. The fourth-order valence-corrected chi connectivity index (χ4v) is 4.78. The number of carbonyl (C=O) groups is 2. The molecule has 0 heterocycles. The zero-order valence-electron chi connectivity index (χ0n) is 21.0. The van der Waals surface area contributed by atoms with Gasteiger partial charge in [0.05, 0.1) is 11.9 Å². The van der Waals surface area contributed by atoms with E-state index in [1.165, 1.54) is 4.90 Å². The summed E-state index contributed by atoms with van der Waals surface area (Å²) in [6.07, 6.45) is 2.42. The molecule has 2 amide bonds. The Morgan fingerprint density at radius 1 is 0.971 bits per heavy atom. The smallest absolute Gasteiger partial charge is 0.244 e. The van der Waals surface area contributed by atoms with Crippen LogP contribution in [0.15, 0.2) is 48.5 Å². The van der Waals surface area contributed by atoms with Gasteiger partial charge in [-0.1, -0.05) is 55.5 Å². The summed E-state index contributed by atoms with van der Waals surface area (Å²) in [7, 11) is -3.74. The number of hydrogen-bond donors (Lipinski definition) is 1. The lowest BCUT2D eigenvalue weighted by Gasteiger charge is -2.32. The van der Waals surface area contributed by atoms with Gasteiger partial charge in [0.2, 0.25) is 21.8 Å². The lowest BCUT2D eigenvalue weighted by atomic mass is 10.1. The van der Waals surface area contributed by atoms with E-state index in [2.05, 4.69) is 5.32 Å². The largest absolute Gasteiger partial charge is 0.352 e. The van der Waals surface area contributed by atoms with E-state index in [9.17, 15) is 18.0 Å². The monoisotopic (exact) mass is 487 g/mol. The van der Waals surface area contributed by atoms with Gasteiger partial charge in [0.15, 0.2) is 0 Å². The average molecular weight is 488 g/mol. The summed E-state index contributed by atoms with van der Waals surface area (Å²) in [5.74, 6) is -0.676. The topological polar surface area (TPSA) is 86.8 Å². The first-order valence-corrected chi connectivity index (χ1v) is 13.5. The highest BCUT2D eigenvalue weighted by atomic mass is 32.2. The van der Waals surface area contributed by atoms with Gasteiger partial charge >= 0.3 is 0 Å². The second kappa shape index (κ2) is 12.0. The van der Waals surface area contributed by atoms with Crippen molar-refractivity contribution < 1.29 is 18.0 Å². The number of aryl methyl sites for hydroxylation is 2. The predicted octanol–water partition coefficient (Wildman–Crippen LogP) is 3.44. The Kier molecular flexibility index (Phi) is 9.67. The highest BCUT2D eigenvalue weighted by Crippen LogP contribution is 2.27. The van der Waals surface area contributed by atoms with Crippen LogP contribution in [0.5, 0.6) is 0 Å². The van der Waals surface area contributed by atoms with E-state index in [-0.39, 0.29) is 18.5 Å². The molecule has 0 bridgehead atoms. The van der Waals surface area contributed by atoms with Crippen LogP contribution in [0.3, 0.4) is 0 Å². The van der Waals surface area contributed by atoms with Crippen LogP contribution in [0.25, 0.3) is 0 Å². The highest BCUT2D eigenvalue weighted by molar-refractivity contribution is 7.92. The van der Waals surface area contributed by atoms with Crippen LogP contribution in [0, 0.1) is 13.8 Å². The molecule has 34 heavy (non-hydrogen) atoms. The van der Waals surface area contributed by atoms with Crippen molar-refractivity contribution in [2.24, 2.45) is 0 Å². The minimum absolute atomic E-state index is 0.0249. The van der Waals surface area contributed by atoms with Gasteiger partial charge in [-0.15, -0.1) is 0 Å². The molecule has 1 N–H and O–H groups in total. The number of anilines is 1. The molecule has 2 atom stereocenters. The summed E-state index contributed by atoms with van der Waals surface area (Å²) in [5, 5.41) is 2.93. The van der Waals surface area contributed by atoms with Crippen molar-refractivity contribution in [1.82, 2.24) is 10.2 Å². The van der Waals surface area contributed by atoms with Crippen molar-refractivity contribution in [2.45, 2.75) is 59.5 Å². The first kappa shape index (κ1) is 27.4. The molecule has 0 aliphatic heterocycles. The van der Waals surface area contributed by atoms with Gasteiger partial charge in [-0.3, -0.25) is 13.9 Å². The average Bonchev–Trinajstić information content (AvgIpc) is 2.78. The van der Waals surface area contributed by atoms with Crippen molar-refractivity contribution in [3.05, 3.63) is 65.2 Å². The van der Waals surface area contributed by atoms with Gasteiger partial charge in [0.1, 0.15) is 12.6 Å². The molecule has 0 unspecified atom stereocenters. The minimum atomic E-state index is -3.74. The Morgan fingerprint density at radius 2 is 1.56 bits per heavy atom. The van der Waals surface area contributed by atoms with Gasteiger partial charge in [0.25, 0.3) is 0 Å². The highest BCUT2D eigenvalue weighted by Gasteiger charge is 2.31. The van der Waals surface area contributed by atoms with E-state index in [4.69, 9.17) is 0 Å². The van der Waals surface area contributed by atoms with E-state index >= 15 is 0 Å². The van der Waals surface area contributed by atoms with Crippen LogP contribution in [-0.2, 0) is 26.0 Å². The van der Waals surface area contributed by atoms with Crippen LogP contribution >= 0.6 is 0 Å². The molecule has 0 saturated heterocycles. The second-order valence-corrected chi connectivity index (χ2v) is 10.7. The van der Waals surface area contributed by atoms with Gasteiger partial charge in [-0.25, -0.2) is 8.42 Å². The number of amides is 2. The van der Waals surface area contributed by atoms with Gasteiger partial charge in [-0.2, -0.15) is 0 Å². The normalized spacial score (nSPS) is 13.1. The maximum absolute atomic E-state index is 13.6. The molecule has 2 rings (SSSR count). The Morgan fingerprint density at radius 3 is 2.09 bits per heavy atom. The maximum Gasteiger partial charge on any atom is 0.244 e. The number of rotatable bonds is 11. The molecular weight excluding hydrogens is 450 g/mol. The summed E-state index contributed by atoms with van der Waals surface area (Å²) in [5.41, 5.74) is 3.05. The molecule has 0 fully saturated rings. The molecule has 2 aromatic carbocycles. The lowest BCUT2D eigenvalue weighted by molar-refractivity contribution is -0.139. The zero-order valence-corrected chi connectivity index (χ0v) is 21.9. The second-order valence-electron chi connectivity index (χ2n) is 8.83. The van der Waals surface area contributed by atoms with Crippen LogP contribution in [0.4, 0.5) is 5.69 Å². The van der Waals surface area contributed by atoms with Gasteiger partial charge in [-0.05, 0) is 57.2 Å². The minimum Gasteiger partial charge on any atom is -0.352 e. The van der Waals surface area contributed by atoms with Crippen molar-refractivity contribution in [1.29, 1.82) is 0 Å². The molecule has 8 heteroatoms. The third kappa shape index (κ3) is 7.32. The number of nitrogens with one attached hydrogen (secondary N) is 1. The first-order valence-electron chi connectivity index (χ1n) is 11.6. The molecular formula is C26H37N3O4S. The van der Waals surface area contributed by atoms with Crippen LogP contribution < -0.4 is 9.62 Å². The van der Waals surface area contributed by atoms with E-state index in [1.54, 1.807) is 6.92 Å². The SMILES string of the molecule is CC[C@@H](C)NC(=O)[C@@H](C)N(CCc1ccccc1)C(=O)CN(c1c(C)cccc1C)S(C)(=O)=O. The standard InChI is InChI=1S/C26H37N3O4S/c1-7-21(4)27-26(31)22(5)28(17-16-23-14-9-8-10-15-23)24(30)18-29(34(6,32)33)25-19(2)12-11-13-20(25)3/h8-15,21-22H,7,16-18H2,1-6H3,(H,27,31)/t21-,22-/m1/s1. The van der Waals surface area contributed by atoms with Crippen molar-refractivity contribution in [2.75, 3.05) is 23.7 Å². The van der Waals surface area contributed by atoms with Crippen LogP contribution in [-0.4, -0.2) is 56.6 Å². The molecule has 0 aromatic heterocycles. The zero-order chi connectivity index (χ0) is 25.5. The molecule has 0 saturated carbocycles. The van der Waals surface area contributed by atoms with E-state index in [0.29, 0.717) is 18.7 Å². The van der Waals surface area contributed by atoms with Gasteiger partial charge in [0, 0.05) is 12.6 Å². The van der Waals surface area contributed by atoms with Crippen molar-refractivity contribution in [3.8, 4) is 0 Å². The van der Waals surface area contributed by atoms with E-state index < -0.39 is 22.0 Å². The molecule has 0 radical (unpaired) electrons. The van der Waals surface area contributed by atoms with Crippen molar-refractivity contribution in [3.63, 3.8) is 0 Å². The first-order chi connectivity index (χ1) is 16.0. The van der Waals surface area contributed by atoms with Crippen LogP contribution in [0.1, 0.15) is 43.9 Å². The Bertz CT molecular complexity index is 1070. The summed E-state index contributed by atoms with van der Waals surface area (Å²) < 4.78 is 26.6. The Hall–Kier alpha value is -2.87. The Labute approximate surface area is 204 Å². The van der Waals surface area contributed by atoms with Gasteiger partial charge < -0.3 is 10.2 Å². The number of nitrogens with zero attached hydrogens (tertiary/aromatic N) is 2. The summed E-state index contributed by atoms with van der Waals surface area (Å²) in [6.45, 7) is 9.13. The third-order valence-electron chi connectivity index (χ3n) is 6.02. The van der Waals surface area contributed by atoms with E-state index in [0.717, 1.165) is 33.7 Å². The number of hydrogen-bond acceptors (Lipinski definition) is 4. The third-order valence-corrected chi connectivity index (χ3v) is 7.13. The molecule has 7 nitrogen and oxygen atoms in total. The fourth-order valence-electron chi connectivity index (χ4n) is 3.81. The molecule has 0 spiro atoms. The number of sulfonamides is 1. The summed E-state index contributed by atoms with van der Waals surface area (Å²) in [4.78, 5) is 27.9. The summed E-state index contributed by atoms with van der Waals surface area (Å²) >= 11 is 0. The molecule has 2 aromatic rings.